The van der Waals surface area contributed by atoms with Crippen LogP contribution in [0.3, 0.4) is 0 Å². The van der Waals surface area contributed by atoms with E-state index in [2.05, 4.69) is 20.3 Å². The topological polar surface area (TPSA) is 116 Å². The van der Waals surface area contributed by atoms with Gasteiger partial charge in [0.25, 0.3) is 0 Å². The van der Waals surface area contributed by atoms with Crippen LogP contribution in [0.4, 0.5) is 0 Å². The molecule has 9 nitrogen and oxygen atoms in total. The van der Waals surface area contributed by atoms with Crippen LogP contribution >= 0.6 is 11.3 Å². The largest absolute Gasteiger partial charge is 0.496 e. The van der Waals surface area contributed by atoms with Gasteiger partial charge in [-0.05, 0) is 6.07 Å². The van der Waals surface area contributed by atoms with Gasteiger partial charge in [0.1, 0.15) is 17.2 Å². The van der Waals surface area contributed by atoms with E-state index in [1.807, 2.05) is 25.4 Å². The Balaban J connectivity index is 1.65. The molecule has 0 bridgehead atoms. The molecule has 4 aromatic rings. The number of aryl methyl sites for hydroxylation is 1. The molecule has 0 unspecified atom stereocenters. The van der Waals surface area contributed by atoms with E-state index in [-0.39, 0.29) is 12.3 Å². The average molecular weight is 385 g/mol. The number of fused-ring (bicyclic) bond motifs is 1. The lowest BCUT2D eigenvalue weighted by Gasteiger charge is -2.06. The van der Waals surface area contributed by atoms with E-state index in [0.29, 0.717) is 18.1 Å². The fraction of sp³-hybridized carbons (Fsp3) is 0.235. The summed E-state index contributed by atoms with van der Waals surface area (Å²) >= 11 is 1.51. The van der Waals surface area contributed by atoms with Crippen LogP contribution in [-0.4, -0.2) is 43.1 Å². The molecule has 0 atom stereocenters. The highest BCUT2D eigenvalue weighted by Gasteiger charge is 2.15. The third-order valence-electron chi connectivity index (χ3n) is 3.88. The van der Waals surface area contributed by atoms with Crippen molar-refractivity contribution in [1.29, 1.82) is 0 Å². The molecule has 3 heterocycles. The molecule has 27 heavy (non-hydrogen) atoms. The summed E-state index contributed by atoms with van der Waals surface area (Å²) in [7, 11) is 3.49. The Labute approximate surface area is 157 Å². The molecule has 3 aromatic heterocycles. The molecule has 0 radical (unpaired) electrons. The highest BCUT2D eigenvalue weighted by atomic mass is 32.1. The maximum absolute atomic E-state index is 10.7. The van der Waals surface area contributed by atoms with Crippen molar-refractivity contribution in [2.45, 2.75) is 12.8 Å². The summed E-state index contributed by atoms with van der Waals surface area (Å²) in [4.78, 5) is 15.3. The van der Waals surface area contributed by atoms with Gasteiger partial charge in [-0.3, -0.25) is 9.48 Å². The van der Waals surface area contributed by atoms with Crippen molar-refractivity contribution < 1.29 is 19.1 Å². The molecule has 0 amide bonds. The number of methoxy groups -OCH3 is 1. The second-order valence-corrected chi connectivity index (χ2v) is 6.98. The van der Waals surface area contributed by atoms with Crippen LogP contribution in [0.15, 0.2) is 28.9 Å². The molecule has 0 fully saturated rings. The molecule has 138 valence electrons. The zero-order valence-corrected chi connectivity index (χ0v) is 15.4. The quantitative estimate of drug-likeness (QED) is 0.537. The molecule has 0 saturated heterocycles. The summed E-state index contributed by atoms with van der Waals surface area (Å²) < 4.78 is 13.6. The Morgan fingerprint density at radius 3 is 2.85 bits per heavy atom. The van der Waals surface area contributed by atoms with Gasteiger partial charge >= 0.3 is 5.97 Å². The number of aromatic nitrogens is 5. The van der Waals surface area contributed by atoms with E-state index in [0.717, 1.165) is 26.4 Å². The monoisotopic (exact) mass is 385 g/mol. The third-order valence-corrected chi connectivity index (χ3v) is 4.90. The maximum Gasteiger partial charge on any atom is 0.312 e. The summed E-state index contributed by atoms with van der Waals surface area (Å²) in [5.74, 6) is 0.123. The van der Waals surface area contributed by atoms with Gasteiger partial charge in [-0.25, -0.2) is 4.98 Å². The van der Waals surface area contributed by atoms with E-state index in [4.69, 9.17) is 14.3 Å². The van der Waals surface area contributed by atoms with Crippen molar-refractivity contribution in [3.63, 3.8) is 0 Å². The van der Waals surface area contributed by atoms with Crippen molar-refractivity contribution >= 4 is 27.5 Å². The molecular weight excluding hydrogens is 370 g/mol. The number of benzene rings is 1. The first-order chi connectivity index (χ1) is 13.0. The number of thiazole rings is 1. The predicted molar refractivity (Wildman–Crippen MR) is 96.8 cm³/mol. The molecule has 0 aliphatic rings. The van der Waals surface area contributed by atoms with Crippen molar-refractivity contribution in [3.05, 3.63) is 41.3 Å². The van der Waals surface area contributed by atoms with Crippen molar-refractivity contribution in [2.75, 3.05) is 7.11 Å². The number of aliphatic carboxylic acids is 1. The Morgan fingerprint density at radius 2 is 2.15 bits per heavy atom. The van der Waals surface area contributed by atoms with Crippen molar-refractivity contribution in [3.8, 4) is 16.9 Å². The summed E-state index contributed by atoms with van der Waals surface area (Å²) in [6.07, 6.45) is 3.76. The molecule has 0 aliphatic heterocycles. The first-order valence-electron chi connectivity index (χ1n) is 8.01. The van der Waals surface area contributed by atoms with Gasteiger partial charge in [-0.2, -0.15) is 5.10 Å². The smallest absolute Gasteiger partial charge is 0.312 e. The molecule has 0 aliphatic carbocycles. The standard InChI is InChI=1S/C17H15N5O4S/c1-22-8-9(7-18-22)10-3-13-11(4-12(10)25-2)19-16(27-13)5-14-20-21-15(26-14)6-17(23)24/h3-4,7-8H,5-6H2,1-2H3,(H,23,24). The number of carboxylic acids is 1. The summed E-state index contributed by atoms with van der Waals surface area (Å²) in [5, 5.41) is 21.4. The summed E-state index contributed by atoms with van der Waals surface area (Å²) in [6, 6.07) is 3.91. The SMILES string of the molecule is COc1cc2nc(Cc3nnc(CC(=O)O)o3)sc2cc1-c1cnn(C)c1. The Hall–Kier alpha value is -3.27. The zero-order chi connectivity index (χ0) is 19.0. The molecule has 0 spiro atoms. The van der Waals surface area contributed by atoms with E-state index in [1.165, 1.54) is 11.3 Å². The number of hydrogen-bond donors (Lipinski definition) is 1. The molecule has 0 saturated carbocycles. The van der Waals surface area contributed by atoms with Crippen molar-refractivity contribution in [1.82, 2.24) is 25.0 Å². The van der Waals surface area contributed by atoms with Crippen LogP contribution in [0, 0.1) is 0 Å². The first kappa shape index (κ1) is 17.2. The van der Waals surface area contributed by atoms with Gasteiger partial charge in [0.05, 0.1) is 29.9 Å². The Kier molecular flexibility index (Phi) is 4.32. The third kappa shape index (κ3) is 3.51. The molecule has 1 aromatic carbocycles. The number of ether oxygens (including phenoxy) is 1. The van der Waals surface area contributed by atoms with Gasteiger partial charge in [-0.15, -0.1) is 21.5 Å². The molecule has 1 N–H and O–H groups in total. The van der Waals surface area contributed by atoms with E-state index < -0.39 is 5.97 Å². The van der Waals surface area contributed by atoms with Gasteiger partial charge in [0, 0.05) is 30.4 Å². The molecule has 10 heteroatoms. The summed E-state index contributed by atoms with van der Waals surface area (Å²) in [6.45, 7) is 0. The van der Waals surface area contributed by atoms with Crippen LogP contribution < -0.4 is 4.74 Å². The van der Waals surface area contributed by atoms with E-state index in [9.17, 15) is 4.79 Å². The van der Waals surface area contributed by atoms with Crippen LogP contribution in [0.1, 0.15) is 16.8 Å². The first-order valence-corrected chi connectivity index (χ1v) is 8.83. The number of rotatable bonds is 6. The predicted octanol–water partition coefficient (Wildman–Crippen LogP) is 2.31. The number of carbonyl (C=O) groups is 1. The van der Waals surface area contributed by atoms with Gasteiger partial charge in [0.2, 0.25) is 11.8 Å². The number of carboxylic acid groups (broad SMARTS) is 1. The van der Waals surface area contributed by atoms with Gasteiger partial charge < -0.3 is 14.3 Å². The van der Waals surface area contributed by atoms with Gasteiger partial charge in [0.15, 0.2) is 0 Å². The number of nitrogens with zero attached hydrogens (tertiary/aromatic N) is 5. The van der Waals surface area contributed by atoms with Crippen LogP contribution in [0.5, 0.6) is 5.75 Å². The fourth-order valence-corrected chi connectivity index (χ4v) is 3.70. The highest BCUT2D eigenvalue weighted by molar-refractivity contribution is 7.18. The van der Waals surface area contributed by atoms with Crippen LogP contribution in [-0.2, 0) is 24.7 Å². The molecular formula is C17H15N5O4S. The Bertz CT molecular complexity index is 1130. The fourth-order valence-electron chi connectivity index (χ4n) is 2.72. The maximum atomic E-state index is 10.7. The lowest BCUT2D eigenvalue weighted by atomic mass is 10.1. The number of hydrogen-bond acceptors (Lipinski definition) is 8. The lowest BCUT2D eigenvalue weighted by Crippen LogP contribution is -1.99. The zero-order valence-electron chi connectivity index (χ0n) is 14.5. The van der Waals surface area contributed by atoms with E-state index >= 15 is 0 Å². The highest BCUT2D eigenvalue weighted by Crippen LogP contribution is 2.36. The minimum atomic E-state index is -1.01. The van der Waals surface area contributed by atoms with Crippen molar-refractivity contribution in [2.24, 2.45) is 7.05 Å². The van der Waals surface area contributed by atoms with Crippen LogP contribution in [0.2, 0.25) is 0 Å². The molecule has 4 rings (SSSR count). The van der Waals surface area contributed by atoms with E-state index in [1.54, 1.807) is 18.0 Å². The lowest BCUT2D eigenvalue weighted by molar-refractivity contribution is -0.136. The minimum Gasteiger partial charge on any atom is -0.496 e. The minimum absolute atomic E-state index is 0.0825. The normalized spacial score (nSPS) is 11.2. The second-order valence-electron chi connectivity index (χ2n) is 5.87. The van der Waals surface area contributed by atoms with Gasteiger partial charge in [-0.1, -0.05) is 0 Å². The summed E-state index contributed by atoms with van der Waals surface area (Å²) in [5.41, 5.74) is 2.71. The average Bonchev–Trinajstić information content (AvgIpc) is 3.33. The Morgan fingerprint density at radius 1 is 1.33 bits per heavy atom. The van der Waals surface area contributed by atoms with Crippen LogP contribution in [0.25, 0.3) is 21.3 Å². The second kappa shape index (κ2) is 6.80.